The molecule has 0 radical (unpaired) electrons. The molecule has 1 aliphatic heterocycles. The number of ether oxygens (including phenoxy) is 1. The summed E-state index contributed by atoms with van der Waals surface area (Å²) in [6, 6.07) is 0. The zero-order valence-electron chi connectivity index (χ0n) is 6.82. The summed E-state index contributed by atoms with van der Waals surface area (Å²) in [5.41, 5.74) is 0.654. The minimum atomic E-state index is -0.250. The van der Waals surface area contributed by atoms with Crippen molar-refractivity contribution < 1.29 is 9.53 Å². The summed E-state index contributed by atoms with van der Waals surface area (Å²) in [6.45, 7) is 4.58. The number of rotatable bonds is 3. The van der Waals surface area contributed by atoms with Gasteiger partial charge in [0.1, 0.15) is 12.3 Å². The van der Waals surface area contributed by atoms with Crippen molar-refractivity contribution in [3.8, 4) is 0 Å². The highest BCUT2D eigenvalue weighted by Crippen LogP contribution is 2.44. The average Bonchev–Trinajstić information content (AvgIpc) is 2.74. The molecule has 0 bridgehead atoms. The van der Waals surface area contributed by atoms with E-state index in [4.69, 9.17) is 4.74 Å². The number of nitrogens with zero attached hydrogens (tertiary/aromatic N) is 1. The molecular formula is C9H11NO2. The van der Waals surface area contributed by atoms with Crippen molar-refractivity contribution in [1.82, 2.24) is 0 Å². The van der Waals surface area contributed by atoms with E-state index in [2.05, 4.69) is 11.6 Å². The lowest BCUT2D eigenvalue weighted by Gasteiger charge is -2.00. The third kappa shape index (κ3) is 1.15. The molecule has 0 aromatic carbocycles. The second kappa shape index (κ2) is 2.73. The number of carbonyl (C=O) groups excluding carboxylic acids is 1. The first kappa shape index (κ1) is 7.53. The first-order valence-corrected chi connectivity index (χ1v) is 4.15. The van der Waals surface area contributed by atoms with Gasteiger partial charge in [-0.15, -0.1) is 0 Å². The van der Waals surface area contributed by atoms with Crippen molar-refractivity contribution in [2.45, 2.75) is 6.42 Å². The molecule has 0 aromatic rings. The molecule has 0 aromatic heterocycles. The third-order valence-corrected chi connectivity index (χ3v) is 2.31. The Kier molecular flexibility index (Phi) is 1.71. The smallest absolute Gasteiger partial charge is 0.352 e. The van der Waals surface area contributed by atoms with Gasteiger partial charge in [-0.2, -0.15) is 0 Å². The molecule has 0 saturated heterocycles. The van der Waals surface area contributed by atoms with Gasteiger partial charge in [-0.3, -0.25) is 4.99 Å². The normalized spacial score (nSPS) is 30.5. The van der Waals surface area contributed by atoms with E-state index < -0.39 is 0 Å². The van der Waals surface area contributed by atoms with Crippen LogP contribution < -0.4 is 0 Å². The van der Waals surface area contributed by atoms with Crippen molar-refractivity contribution >= 4 is 11.7 Å². The Morgan fingerprint density at radius 1 is 1.83 bits per heavy atom. The zero-order valence-corrected chi connectivity index (χ0v) is 6.82. The summed E-state index contributed by atoms with van der Waals surface area (Å²) in [7, 11) is 0. The van der Waals surface area contributed by atoms with Crippen LogP contribution in [0, 0.1) is 11.8 Å². The van der Waals surface area contributed by atoms with Crippen LogP contribution in [0.15, 0.2) is 17.6 Å². The fourth-order valence-electron chi connectivity index (χ4n) is 1.54. The summed E-state index contributed by atoms with van der Waals surface area (Å²) in [5, 5.41) is 0. The Morgan fingerprint density at radius 3 is 3.17 bits per heavy atom. The van der Waals surface area contributed by atoms with Gasteiger partial charge in [0.2, 0.25) is 0 Å². The quantitative estimate of drug-likeness (QED) is 0.458. The second-order valence-electron chi connectivity index (χ2n) is 3.22. The molecule has 2 unspecified atom stereocenters. The van der Waals surface area contributed by atoms with Crippen molar-refractivity contribution in [3.05, 3.63) is 12.7 Å². The average molecular weight is 165 g/mol. The number of esters is 1. The minimum absolute atomic E-state index is 0.250. The van der Waals surface area contributed by atoms with Gasteiger partial charge in [-0.05, 0) is 12.3 Å². The molecule has 0 spiro atoms. The van der Waals surface area contributed by atoms with Crippen LogP contribution in [0.25, 0.3) is 0 Å². The first-order chi connectivity index (χ1) is 5.83. The van der Waals surface area contributed by atoms with Crippen LogP contribution in [-0.2, 0) is 9.53 Å². The second-order valence-corrected chi connectivity index (χ2v) is 3.22. The van der Waals surface area contributed by atoms with E-state index in [9.17, 15) is 4.79 Å². The number of carbonyl (C=O) groups is 1. The molecule has 2 aliphatic rings. The molecule has 1 fully saturated rings. The molecule has 3 nitrogen and oxygen atoms in total. The van der Waals surface area contributed by atoms with Gasteiger partial charge in [-0.1, -0.05) is 12.7 Å². The largest absolute Gasteiger partial charge is 0.457 e. The lowest BCUT2D eigenvalue weighted by molar-refractivity contribution is -0.134. The van der Waals surface area contributed by atoms with Crippen LogP contribution in [0.3, 0.4) is 0 Å². The van der Waals surface area contributed by atoms with Gasteiger partial charge in [-0.25, -0.2) is 4.79 Å². The van der Waals surface area contributed by atoms with Crippen LogP contribution in [0.1, 0.15) is 6.42 Å². The van der Waals surface area contributed by atoms with E-state index in [0.717, 1.165) is 13.0 Å². The third-order valence-electron chi connectivity index (χ3n) is 2.31. The predicted octanol–water partition coefficient (Wildman–Crippen LogP) is 0.806. The van der Waals surface area contributed by atoms with Gasteiger partial charge in [0.25, 0.3) is 0 Å². The Morgan fingerprint density at radius 2 is 2.67 bits per heavy atom. The van der Waals surface area contributed by atoms with Crippen molar-refractivity contribution in [1.29, 1.82) is 0 Å². The van der Waals surface area contributed by atoms with Crippen LogP contribution in [-0.4, -0.2) is 24.8 Å². The molecule has 12 heavy (non-hydrogen) atoms. The SMILES string of the molecule is C=CCOC(=O)C1=NCC2CC12. The highest BCUT2D eigenvalue weighted by atomic mass is 16.5. The molecule has 0 N–H and O–H groups in total. The Bertz CT molecular complexity index is 257. The van der Waals surface area contributed by atoms with E-state index in [1.807, 2.05) is 0 Å². The van der Waals surface area contributed by atoms with Crippen LogP contribution >= 0.6 is 0 Å². The van der Waals surface area contributed by atoms with E-state index in [1.54, 1.807) is 6.08 Å². The maximum absolute atomic E-state index is 11.2. The standard InChI is InChI=1S/C9H11NO2/c1-2-3-12-9(11)8-7-4-6(7)5-10-8/h2,6-7H,1,3-5H2. The van der Waals surface area contributed by atoms with Gasteiger partial charge < -0.3 is 4.74 Å². The fourth-order valence-corrected chi connectivity index (χ4v) is 1.54. The van der Waals surface area contributed by atoms with Crippen molar-refractivity contribution in [2.24, 2.45) is 16.8 Å². The van der Waals surface area contributed by atoms with Gasteiger partial charge >= 0.3 is 5.97 Å². The summed E-state index contributed by atoms with van der Waals surface area (Å²) in [4.78, 5) is 15.4. The summed E-state index contributed by atoms with van der Waals surface area (Å²) in [6.07, 6.45) is 2.69. The maximum atomic E-state index is 11.2. The topological polar surface area (TPSA) is 38.7 Å². The van der Waals surface area contributed by atoms with Crippen LogP contribution in [0.4, 0.5) is 0 Å². The Hall–Kier alpha value is -1.12. The molecular weight excluding hydrogens is 154 g/mol. The van der Waals surface area contributed by atoms with Crippen LogP contribution in [0.5, 0.6) is 0 Å². The summed E-state index contributed by atoms with van der Waals surface area (Å²) in [5.74, 6) is 0.818. The fraction of sp³-hybridized carbons (Fsp3) is 0.556. The van der Waals surface area contributed by atoms with Gasteiger partial charge in [0.05, 0.1) is 0 Å². The molecule has 1 heterocycles. The van der Waals surface area contributed by atoms with Crippen molar-refractivity contribution in [3.63, 3.8) is 0 Å². The summed E-state index contributed by atoms with van der Waals surface area (Å²) < 4.78 is 4.88. The minimum Gasteiger partial charge on any atom is -0.457 e. The summed E-state index contributed by atoms with van der Waals surface area (Å²) >= 11 is 0. The maximum Gasteiger partial charge on any atom is 0.352 e. The van der Waals surface area contributed by atoms with E-state index in [-0.39, 0.29) is 12.6 Å². The molecule has 1 saturated carbocycles. The van der Waals surface area contributed by atoms with E-state index in [1.165, 1.54) is 0 Å². The number of hydrogen-bond acceptors (Lipinski definition) is 3. The monoisotopic (exact) mass is 165 g/mol. The lowest BCUT2D eigenvalue weighted by Crippen LogP contribution is -2.18. The predicted molar refractivity (Wildman–Crippen MR) is 45.1 cm³/mol. The molecule has 2 atom stereocenters. The number of hydrogen-bond donors (Lipinski definition) is 0. The highest BCUT2D eigenvalue weighted by Gasteiger charge is 2.48. The van der Waals surface area contributed by atoms with Gasteiger partial charge in [0, 0.05) is 12.5 Å². The molecule has 2 rings (SSSR count). The molecule has 3 heteroatoms. The molecule has 1 aliphatic carbocycles. The Labute approximate surface area is 71.1 Å². The van der Waals surface area contributed by atoms with E-state index >= 15 is 0 Å². The first-order valence-electron chi connectivity index (χ1n) is 4.15. The van der Waals surface area contributed by atoms with Gasteiger partial charge in [0.15, 0.2) is 0 Å². The molecule has 0 amide bonds. The zero-order chi connectivity index (χ0) is 8.55. The number of fused-ring (bicyclic) bond motifs is 1. The van der Waals surface area contributed by atoms with E-state index in [0.29, 0.717) is 17.5 Å². The highest BCUT2D eigenvalue weighted by molar-refractivity contribution is 6.38. The van der Waals surface area contributed by atoms with Crippen molar-refractivity contribution in [2.75, 3.05) is 13.2 Å². The Balaban J connectivity index is 1.91. The molecule has 64 valence electrons. The van der Waals surface area contributed by atoms with Crippen LogP contribution in [0.2, 0.25) is 0 Å². The lowest BCUT2D eigenvalue weighted by atomic mass is 10.2. The number of aliphatic imine (C=N–C) groups is 1.